The normalized spacial score (nSPS) is 26.7. The first-order chi connectivity index (χ1) is 19.0. The Morgan fingerprint density at radius 3 is 2.27 bits per heavy atom. The van der Waals surface area contributed by atoms with Gasteiger partial charge >= 0.3 is 5.97 Å². The lowest BCUT2D eigenvalue weighted by Gasteiger charge is -2.36. The van der Waals surface area contributed by atoms with E-state index in [1.807, 2.05) is 20.8 Å². The molecular weight excluding hydrogens is 622 g/mol. The molecule has 2 N–H and O–H groups in total. The van der Waals surface area contributed by atoms with Crippen molar-refractivity contribution in [3.8, 4) is 0 Å². The van der Waals surface area contributed by atoms with Gasteiger partial charge in [-0.2, -0.15) is 0 Å². The number of carboxylic acids is 1. The predicted octanol–water partition coefficient (Wildman–Crippen LogP) is 6.96. The van der Waals surface area contributed by atoms with Crippen molar-refractivity contribution >= 4 is 75.6 Å². The summed E-state index contributed by atoms with van der Waals surface area (Å²) in [4.78, 5) is 44.0. The summed E-state index contributed by atoms with van der Waals surface area (Å²) in [6.07, 6.45) is -0.327. The Morgan fingerprint density at radius 1 is 1.07 bits per heavy atom. The van der Waals surface area contributed by atoms with Crippen molar-refractivity contribution in [2.75, 3.05) is 23.3 Å². The Balaban J connectivity index is 1.71. The molecule has 2 saturated heterocycles. The van der Waals surface area contributed by atoms with Crippen LogP contribution < -0.4 is 10.2 Å². The molecule has 5 rings (SSSR count). The fourth-order valence-electron chi connectivity index (χ4n) is 6.47. The highest BCUT2D eigenvalue weighted by molar-refractivity contribution is 6.38. The molecule has 3 aliphatic heterocycles. The van der Waals surface area contributed by atoms with Crippen LogP contribution in [0.4, 0.5) is 20.2 Å². The number of hydrogen-bond donors (Lipinski definition) is 2. The zero-order valence-electron chi connectivity index (χ0n) is 22.3. The minimum absolute atomic E-state index is 0.0273. The number of rotatable bonds is 5. The van der Waals surface area contributed by atoms with Gasteiger partial charge in [-0.1, -0.05) is 67.2 Å². The molecule has 2 aromatic rings. The molecule has 0 bridgehead atoms. The van der Waals surface area contributed by atoms with Gasteiger partial charge in [0.2, 0.25) is 5.91 Å². The minimum Gasteiger partial charge on any atom is -0.481 e. The Bertz CT molecular complexity index is 1450. The van der Waals surface area contributed by atoms with Gasteiger partial charge in [-0.15, -0.1) is 0 Å². The van der Waals surface area contributed by atoms with E-state index < -0.39 is 60.1 Å². The number of aliphatic carboxylic acids is 1. The monoisotopic (exact) mass is 647 g/mol. The third-order valence-corrected chi connectivity index (χ3v) is 9.05. The molecule has 13 heteroatoms. The fraction of sp³-hybridized carbons (Fsp3) is 0.464. The number of nitrogens with one attached hydrogen (secondary N) is 1. The van der Waals surface area contributed by atoms with Crippen LogP contribution in [0, 0.1) is 17.3 Å². The Morgan fingerprint density at radius 2 is 1.68 bits per heavy atom. The molecule has 7 nitrogen and oxygen atoms in total. The molecule has 41 heavy (non-hydrogen) atoms. The van der Waals surface area contributed by atoms with Crippen molar-refractivity contribution in [1.82, 2.24) is 4.90 Å². The Labute approximate surface area is 255 Å². The van der Waals surface area contributed by atoms with E-state index in [4.69, 9.17) is 46.4 Å². The third kappa shape index (κ3) is 5.07. The second-order valence-electron chi connectivity index (χ2n) is 12.1. The van der Waals surface area contributed by atoms with Crippen molar-refractivity contribution in [2.45, 2.75) is 51.1 Å². The van der Waals surface area contributed by atoms with Crippen LogP contribution >= 0.6 is 46.4 Å². The molecule has 2 aromatic carbocycles. The van der Waals surface area contributed by atoms with E-state index in [9.17, 15) is 19.5 Å². The van der Waals surface area contributed by atoms with Gasteiger partial charge in [-0.3, -0.25) is 19.3 Å². The maximum Gasteiger partial charge on any atom is 0.310 e. The number of carbonyl (C=O) groups excluding carboxylic acids is 2. The fourth-order valence-corrected chi connectivity index (χ4v) is 7.52. The molecule has 0 aromatic heterocycles. The van der Waals surface area contributed by atoms with Gasteiger partial charge in [-0.05, 0) is 42.2 Å². The van der Waals surface area contributed by atoms with Crippen LogP contribution in [-0.4, -0.2) is 52.8 Å². The number of fused-ring (bicyclic) bond motifs is 4. The third-order valence-electron chi connectivity index (χ3n) is 8.10. The second kappa shape index (κ2) is 10.2. The summed E-state index contributed by atoms with van der Waals surface area (Å²) in [5, 5.41) is 13.8. The van der Waals surface area contributed by atoms with Gasteiger partial charge in [-0.25, -0.2) is 8.78 Å². The van der Waals surface area contributed by atoms with E-state index in [1.165, 1.54) is 35.2 Å². The summed E-state index contributed by atoms with van der Waals surface area (Å²) < 4.78 is 30.3. The summed E-state index contributed by atoms with van der Waals surface area (Å²) in [6.45, 7) is 5.11. The van der Waals surface area contributed by atoms with Crippen LogP contribution in [-0.2, 0) is 19.9 Å². The number of carboxylic acid groups (broad SMARTS) is 1. The van der Waals surface area contributed by atoms with Crippen LogP contribution in [0.1, 0.15) is 39.2 Å². The van der Waals surface area contributed by atoms with Crippen molar-refractivity contribution < 1.29 is 28.3 Å². The van der Waals surface area contributed by atoms with Gasteiger partial charge < -0.3 is 15.3 Å². The number of anilines is 2. The lowest BCUT2D eigenvalue weighted by molar-refractivity contribution is -0.153. The number of halogens is 6. The average Bonchev–Trinajstić information content (AvgIpc) is 3.38. The van der Waals surface area contributed by atoms with Gasteiger partial charge in [0, 0.05) is 45.3 Å². The summed E-state index contributed by atoms with van der Waals surface area (Å²) in [5.41, 5.74) is -1.96. The van der Waals surface area contributed by atoms with Crippen molar-refractivity contribution in [2.24, 2.45) is 17.3 Å². The number of nitrogens with zero attached hydrogens (tertiary/aromatic N) is 2. The highest BCUT2D eigenvalue weighted by atomic mass is 35.5. The van der Waals surface area contributed by atoms with Crippen molar-refractivity contribution in [3.63, 3.8) is 0 Å². The maximum atomic E-state index is 15.1. The summed E-state index contributed by atoms with van der Waals surface area (Å²) in [5.74, 6) is -9.62. The molecule has 4 atom stereocenters. The number of benzene rings is 2. The maximum absolute atomic E-state index is 15.1. The first kappa shape index (κ1) is 30.3. The first-order valence-electron chi connectivity index (χ1n) is 12.9. The zero-order valence-corrected chi connectivity index (χ0v) is 25.3. The van der Waals surface area contributed by atoms with E-state index >= 15 is 8.78 Å². The minimum atomic E-state index is -3.29. The van der Waals surface area contributed by atoms with E-state index in [2.05, 4.69) is 5.32 Å². The van der Waals surface area contributed by atoms with Crippen LogP contribution in [0.25, 0.3) is 0 Å². The van der Waals surface area contributed by atoms with Crippen LogP contribution in [0.3, 0.4) is 0 Å². The van der Waals surface area contributed by atoms with Crippen LogP contribution in [0.15, 0.2) is 30.3 Å². The lowest BCUT2D eigenvalue weighted by atomic mass is 9.73. The largest absolute Gasteiger partial charge is 0.481 e. The number of alkyl halides is 2. The molecule has 2 fully saturated rings. The Hall–Kier alpha value is -2.17. The number of amides is 2. The summed E-state index contributed by atoms with van der Waals surface area (Å²) in [6, 6.07) is 5.93. The van der Waals surface area contributed by atoms with Crippen molar-refractivity contribution in [1.29, 1.82) is 0 Å². The SMILES string of the molecule is CC(C)(C)CCN(C(=O)[C@H]1[C@H]2CC(F)(F)CN2[C@]2(C(=O)Nc3c(Cl)cc(Cl)cc32)[C@H]1C(=O)O)c1cc(Cl)cc(Cl)c1. The van der Waals surface area contributed by atoms with E-state index in [1.54, 1.807) is 0 Å². The Kier molecular flexibility index (Phi) is 7.56. The smallest absolute Gasteiger partial charge is 0.310 e. The number of carbonyl (C=O) groups is 3. The standard InChI is InChI=1S/C28H27Cl4F2N3O4/c1-26(2,3)4-5-36(16-7-13(29)6-14(30)8-16)23(38)20-19-11-27(33,34)12-37(19)28(21(20)24(39)40)17-9-15(31)10-18(32)22(17)35-25(28)41/h6-10,19-21H,4-5,11-12H2,1-3H3,(H,35,41)(H,39,40)/t19-,20+,21-,28+/m1/s1. The van der Waals surface area contributed by atoms with E-state index in [-0.39, 0.29) is 43.3 Å². The van der Waals surface area contributed by atoms with Gasteiger partial charge in [0.25, 0.3) is 11.8 Å². The molecule has 1 spiro atoms. The van der Waals surface area contributed by atoms with Crippen LogP contribution in [0.2, 0.25) is 20.1 Å². The molecule has 0 aliphatic carbocycles. The zero-order chi connectivity index (χ0) is 30.2. The average molecular weight is 649 g/mol. The van der Waals surface area contributed by atoms with Gasteiger partial charge in [0.05, 0.1) is 23.2 Å². The molecular formula is C28H27Cl4F2N3O4. The summed E-state index contributed by atoms with van der Waals surface area (Å²) in [7, 11) is 0. The molecule has 0 unspecified atom stereocenters. The quantitative estimate of drug-likeness (QED) is 0.366. The molecule has 2 amide bonds. The molecule has 3 aliphatic rings. The van der Waals surface area contributed by atoms with E-state index in [0.29, 0.717) is 12.1 Å². The van der Waals surface area contributed by atoms with E-state index in [0.717, 1.165) is 4.90 Å². The molecule has 3 heterocycles. The van der Waals surface area contributed by atoms with Gasteiger partial charge in [0.1, 0.15) is 11.5 Å². The number of hydrogen-bond acceptors (Lipinski definition) is 4. The highest BCUT2D eigenvalue weighted by Crippen LogP contribution is 2.61. The molecule has 0 radical (unpaired) electrons. The van der Waals surface area contributed by atoms with Crippen molar-refractivity contribution in [3.05, 3.63) is 56.0 Å². The summed E-state index contributed by atoms with van der Waals surface area (Å²) >= 11 is 25.1. The predicted molar refractivity (Wildman–Crippen MR) is 154 cm³/mol. The topological polar surface area (TPSA) is 90.0 Å². The molecule has 0 saturated carbocycles. The lowest BCUT2D eigenvalue weighted by Crippen LogP contribution is -2.54. The second-order valence-corrected chi connectivity index (χ2v) is 13.8. The molecule has 220 valence electrons. The van der Waals surface area contributed by atoms with Gasteiger partial charge in [0.15, 0.2) is 0 Å². The highest BCUT2D eigenvalue weighted by Gasteiger charge is 2.74. The first-order valence-corrected chi connectivity index (χ1v) is 14.4. The van der Waals surface area contributed by atoms with Crippen LogP contribution in [0.5, 0.6) is 0 Å².